The molecular formula is C13H13ClN2O3S2. The molecule has 0 saturated heterocycles. The summed E-state index contributed by atoms with van der Waals surface area (Å²) in [6.07, 6.45) is 0. The summed E-state index contributed by atoms with van der Waals surface area (Å²) in [5.74, 6) is -0.313. The van der Waals surface area contributed by atoms with Crippen LogP contribution in [0.1, 0.15) is 14.5 Å². The van der Waals surface area contributed by atoms with Gasteiger partial charge in [0.1, 0.15) is 4.90 Å². The van der Waals surface area contributed by atoms with Gasteiger partial charge in [0.2, 0.25) is 0 Å². The molecule has 0 atom stereocenters. The van der Waals surface area contributed by atoms with Crippen LogP contribution in [0.25, 0.3) is 0 Å². The van der Waals surface area contributed by atoms with Gasteiger partial charge in [-0.05, 0) is 31.2 Å². The fourth-order valence-electron chi connectivity index (χ4n) is 1.73. The molecule has 2 N–H and O–H groups in total. The van der Waals surface area contributed by atoms with Crippen molar-refractivity contribution in [3.8, 4) is 0 Å². The van der Waals surface area contributed by atoms with Crippen molar-refractivity contribution >= 4 is 44.6 Å². The smallest absolute Gasteiger partial charge is 0.263 e. The van der Waals surface area contributed by atoms with E-state index in [1.54, 1.807) is 25.1 Å². The van der Waals surface area contributed by atoms with E-state index in [1.807, 2.05) is 0 Å². The van der Waals surface area contributed by atoms with Crippen molar-refractivity contribution in [1.29, 1.82) is 0 Å². The Bertz CT molecular complexity index is 784. The Morgan fingerprint density at radius 1 is 1.29 bits per heavy atom. The Morgan fingerprint density at radius 2 is 2.00 bits per heavy atom. The van der Waals surface area contributed by atoms with Crippen LogP contribution >= 0.6 is 22.9 Å². The normalized spacial score (nSPS) is 11.2. The first kappa shape index (κ1) is 15.8. The van der Waals surface area contributed by atoms with E-state index in [2.05, 4.69) is 10.0 Å². The number of rotatable bonds is 4. The molecule has 0 bridgehead atoms. The Morgan fingerprint density at radius 3 is 2.62 bits per heavy atom. The molecule has 0 unspecified atom stereocenters. The van der Waals surface area contributed by atoms with Gasteiger partial charge in [0.15, 0.2) is 0 Å². The van der Waals surface area contributed by atoms with Crippen LogP contribution in [0.2, 0.25) is 5.02 Å². The Balaban J connectivity index is 2.36. The highest BCUT2D eigenvalue weighted by Gasteiger charge is 2.22. The number of aryl methyl sites for hydroxylation is 1. The third kappa shape index (κ3) is 3.55. The van der Waals surface area contributed by atoms with E-state index in [1.165, 1.54) is 19.2 Å². The van der Waals surface area contributed by atoms with Crippen LogP contribution in [0, 0.1) is 6.92 Å². The molecule has 0 saturated carbocycles. The number of sulfonamides is 1. The molecular weight excluding hydrogens is 332 g/mol. The van der Waals surface area contributed by atoms with Crippen molar-refractivity contribution in [2.45, 2.75) is 11.8 Å². The highest BCUT2D eigenvalue weighted by molar-refractivity contribution is 7.93. The van der Waals surface area contributed by atoms with E-state index in [4.69, 9.17) is 11.6 Å². The van der Waals surface area contributed by atoms with Crippen molar-refractivity contribution in [3.63, 3.8) is 0 Å². The lowest BCUT2D eigenvalue weighted by Gasteiger charge is -2.07. The zero-order valence-electron chi connectivity index (χ0n) is 11.3. The predicted octanol–water partition coefficient (Wildman–Crippen LogP) is 2.87. The molecule has 1 aromatic heterocycles. The number of carbonyl (C=O) groups excluding carboxylic acids is 1. The molecule has 1 aromatic carbocycles. The van der Waals surface area contributed by atoms with Gasteiger partial charge in [0, 0.05) is 16.9 Å². The van der Waals surface area contributed by atoms with Gasteiger partial charge in [-0.1, -0.05) is 17.7 Å². The molecule has 0 radical (unpaired) electrons. The maximum atomic E-state index is 12.4. The fourth-order valence-corrected chi connectivity index (χ4v) is 4.51. The number of thiophene rings is 1. The summed E-state index contributed by atoms with van der Waals surface area (Å²) in [6, 6.07) is 7.78. The number of nitrogens with one attached hydrogen (secondary N) is 2. The van der Waals surface area contributed by atoms with Crippen molar-refractivity contribution in [2.75, 3.05) is 11.8 Å². The predicted molar refractivity (Wildman–Crippen MR) is 84.7 cm³/mol. The summed E-state index contributed by atoms with van der Waals surface area (Å²) in [4.78, 5) is 12.6. The van der Waals surface area contributed by atoms with Crippen molar-refractivity contribution in [2.24, 2.45) is 0 Å². The number of anilines is 1. The Labute approximate surface area is 132 Å². The molecule has 0 aliphatic carbocycles. The van der Waals surface area contributed by atoms with Gasteiger partial charge in [-0.3, -0.25) is 9.52 Å². The van der Waals surface area contributed by atoms with E-state index in [0.29, 0.717) is 20.5 Å². The summed E-state index contributed by atoms with van der Waals surface area (Å²) in [7, 11) is -2.26. The molecule has 5 nitrogen and oxygen atoms in total. The van der Waals surface area contributed by atoms with Crippen LogP contribution in [0.4, 0.5) is 5.69 Å². The minimum absolute atomic E-state index is 0.0890. The first-order valence-electron chi connectivity index (χ1n) is 5.94. The molecule has 0 fully saturated rings. The summed E-state index contributed by atoms with van der Waals surface area (Å²) in [6.45, 7) is 1.66. The first-order chi connectivity index (χ1) is 9.83. The van der Waals surface area contributed by atoms with Gasteiger partial charge >= 0.3 is 0 Å². The molecule has 0 aliphatic heterocycles. The lowest BCUT2D eigenvalue weighted by atomic mass is 10.3. The van der Waals surface area contributed by atoms with Gasteiger partial charge in [0.25, 0.3) is 15.9 Å². The largest absolute Gasteiger partial charge is 0.354 e. The molecule has 8 heteroatoms. The van der Waals surface area contributed by atoms with E-state index in [-0.39, 0.29) is 10.8 Å². The third-order valence-electron chi connectivity index (χ3n) is 2.69. The lowest BCUT2D eigenvalue weighted by molar-refractivity contribution is 0.0967. The summed E-state index contributed by atoms with van der Waals surface area (Å²) in [5.41, 5.74) is 0.370. The van der Waals surface area contributed by atoms with Crippen molar-refractivity contribution in [3.05, 3.63) is 45.1 Å². The lowest BCUT2D eigenvalue weighted by Crippen LogP contribution is -2.16. The monoisotopic (exact) mass is 344 g/mol. The standard InChI is InChI=1S/C13H13ClN2O3S2/c1-8-12(7-11(20-8)13(17)15-2)21(18,19)16-10-5-3-4-9(14)6-10/h3-7,16H,1-2H3,(H,15,17). The highest BCUT2D eigenvalue weighted by atomic mass is 35.5. The molecule has 1 heterocycles. The van der Waals surface area contributed by atoms with Crippen LogP contribution in [0.15, 0.2) is 35.2 Å². The number of hydrogen-bond acceptors (Lipinski definition) is 4. The van der Waals surface area contributed by atoms with Gasteiger partial charge in [-0.2, -0.15) is 0 Å². The third-order valence-corrected chi connectivity index (χ3v) is 5.61. The second-order valence-electron chi connectivity index (χ2n) is 4.23. The average Bonchev–Trinajstić information content (AvgIpc) is 2.80. The van der Waals surface area contributed by atoms with E-state index < -0.39 is 10.0 Å². The molecule has 2 rings (SSSR count). The minimum atomic E-state index is -3.76. The number of carbonyl (C=O) groups is 1. The Hall–Kier alpha value is -1.57. The van der Waals surface area contributed by atoms with Crippen LogP contribution in [0.5, 0.6) is 0 Å². The van der Waals surface area contributed by atoms with Gasteiger partial charge < -0.3 is 5.32 Å². The summed E-state index contributed by atoms with van der Waals surface area (Å²) in [5, 5.41) is 2.90. The number of hydrogen-bond donors (Lipinski definition) is 2. The molecule has 2 aromatic rings. The molecule has 0 spiro atoms. The summed E-state index contributed by atoms with van der Waals surface area (Å²) >= 11 is 6.96. The number of amides is 1. The van der Waals surface area contributed by atoms with Crippen LogP contribution in [-0.2, 0) is 10.0 Å². The van der Waals surface area contributed by atoms with Crippen molar-refractivity contribution in [1.82, 2.24) is 5.32 Å². The fraction of sp³-hybridized carbons (Fsp3) is 0.154. The summed E-state index contributed by atoms with van der Waals surface area (Å²) < 4.78 is 27.2. The first-order valence-corrected chi connectivity index (χ1v) is 8.62. The van der Waals surface area contributed by atoms with Crippen LogP contribution in [0.3, 0.4) is 0 Å². The second-order valence-corrected chi connectivity index (χ2v) is 7.57. The average molecular weight is 345 g/mol. The maximum absolute atomic E-state index is 12.4. The highest BCUT2D eigenvalue weighted by Crippen LogP contribution is 2.28. The molecule has 1 amide bonds. The maximum Gasteiger partial charge on any atom is 0.263 e. The number of benzene rings is 1. The van der Waals surface area contributed by atoms with Gasteiger partial charge in [0.05, 0.1) is 10.6 Å². The quantitative estimate of drug-likeness (QED) is 0.895. The van der Waals surface area contributed by atoms with E-state index >= 15 is 0 Å². The molecule has 0 aliphatic rings. The van der Waals surface area contributed by atoms with Gasteiger partial charge in [-0.15, -0.1) is 11.3 Å². The van der Waals surface area contributed by atoms with Crippen LogP contribution in [-0.4, -0.2) is 21.4 Å². The van der Waals surface area contributed by atoms with E-state index in [0.717, 1.165) is 11.3 Å². The topological polar surface area (TPSA) is 75.3 Å². The zero-order chi connectivity index (χ0) is 15.6. The van der Waals surface area contributed by atoms with E-state index in [9.17, 15) is 13.2 Å². The Kier molecular flexibility index (Phi) is 4.55. The SMILES string of the molecule is CNC(=O)c1cc(S(=O)(=O)Nc2cccc(Cl)c2)c(C)s1. The molecule has 112 valence electrons. The van der Waals surface area contributed by atoms with Crippen LogP contribution < -0.4 is 10.0 Å². The van der Waals surface area contributed by atoms with Crippen molar-refractivity contribution < 1.29 is 13.2 Å². The second kappa shape index (κ2) is 6.05. The molecule has 21 heavy (non-hydrogen) atoms. The minimum Gasteiger partial charge on any atom is -0.354 e. The van der Waals surface area contributed by atoms with Gasteiger partial charge in [-0.25, -0.2) is 8.42 Å². The zero-order valence-corrected chi connectivity index (χ0v) is 13.7. The number of halogens is 1.